The average molecular weight is 272 g/mol. The Morgan fingerprint density at radius 2 is 1.85 bits per heavy atom. The average Bonchev–Trinajstić information content (AvgIpc) is 3.06. The summed E-state index contributed by atoms with van der Waals surface area (Å²) in [6.45, 7) is 3.61. The first-order chi connectivity index (χ1) is 9.60. The van der Waals surface area contributed by atoms with Gasteiger partial charge in [-0.25, -0.2) is 0 Å². The van der Waals surface area contributed by atoms with Crippen LogP contribution < -0.4 is 5.73 Å². The van der Waals surface area contributed by atoms with E-state index in [9.17, 15) is 4.79 Å². The molecule has 1 aromatic rings. The highest BCUT2D eigenvalue weighted by Crippen LogP contribution is 2.40. The zero-order valence-corrected chi connectivity index (χ0v) is 12.2. The third kappa shape index (κ3) is 2.35. The number of nitrogens with two attached hydrogens (primary N) is 1. The number of carbonyl (C=O) groups excluding carboxylic acids is 1. The summed E-state index contributed by atoms with van der Waals surface area (Å²) in [4.78, 5) is 14.8. The van der Waals surface area contributed by atoms with E-state index in [0.29, 0.717) is 12.5 Å². The van der Waals surface area contributed by atoms with Gasteiger partial charge >= 0.3 is 0 Å². The van der Waals surface area contributed by atoms with Crippen LogP contribution in [0.15, 0.2) is 30.3 Å². The maximum absolute atomic E-state index is 12.8. The van der Waals surface area contributed by atoms with E-state index >= 15 is 0 Å². The van der Waals surface area contributed by atoms with Crippen molar-refractivity contribution in [1.29, 1.82) is 0 Å². The van der Waals surface area contributed by atoms with E-state index in [4.69, 9.17) is 5.73 Å². The molecule has 0 bridgehead atoms. The van der Waals surface area contributed by atoms with Gasteiger partial charge < -0.3 is 10.6 Å². The van der Waals surface area contributed by atoms with Gasteiger partial charge in [-0.1, -0.05) is 50.1 Å². The van der Waals surface area contributed by atoms with Gasteiger partial charge in [-0.3, -0.25) is 4.79 Å². The summed E-state index contributed by atoms with van der Waals surface area (Å²) in [6.07, 6.45) is 4.44. The summed E-state index contributed by atoms with van der Waals surface area (Å²) in [5.74, 6) is 0.606. The zero-order valence-electron chi connectivity index (χ0n) is 12.2. The lowest BCUT2D eigenvalue weighted by atomic mass is 9.87. The van der Waals surface area contributed by atoms with Crippen molar-refractivity contribution in [2.75, 3.05) is 13.1 Å². The molecule has 2 aliphatic rings. The predicted molar refractivity (Wildman–Crippen MR) is 80.3 cm³/mol. The molecule has 1 aliphatic heterocycles. The Balaban J connectivity index is 1.73. The molecule has 2 N–H and O–H groups in total. The molecule has 1 aromatic carbocycles. The van der Waals surface area contributed by atoms with Crippen molar-refractivity contribution in [3.63, 3.8) is 0 Å². The standard InChI is InChI=1S/C17H24N2O/c1-17(9-5-6-10-17)16(20)19-11-14(15(18)12-19)13-7-3-2-4-8-13/h2-4,7-8,14-15H,5-6,9-12,18H2,1H3/t14-,15+/m1/s1. The van der Waals surface area contributed by atoms with Gasteiger partial charge in [-0.2, -0.15) is 0 Å². The van der Waals surface area contributed by atoms with Gasteiger partial charge in [0.2, 0.25) is 5.91 Å². The molecule has 3 heteroatoms. The van der Waals surface area contributed by atoms with Crippen LogP contribution in [0.1, 0.15) is 44.1 Å². The van der Waals surface area contributed by atoms with Crippen LogP contribution in [0.2, 0.25) is 0 Å². The quantitative estimate of drug-likeness (QED) is 0.899. The molecule has 3 rings (SSSR count). The third-order valence-corrected chi connectivity index (χ3v) is 5.10. The second-order valence-electron chi connectivity index (χ2n) is 6.66. The molecule has 1 aliphatic carbocycles. The smallest absolute Gasteiger partial charge is 0.228 e. The van der Waals surface area contributed by atoms with E-state index in [1.165, 1.54) is 18.4 Å². The number of benzene rings is 1. The van der Waals surface area contributed by atoms with E-state index in [1.54, 1.807) is 0 Å². The minimum absolute atomic E-state index is 0.0614. The van der Waals surface area contributed by atoms with Crippen LogP contribution in [0.3, 0.4) is 0 Å². The van der Waals surface area contributed by atoms with Crippen LogP contribution >= 0.6 is 0 Å². The van der Waals surface area contributed by atoms with Gasteiger partial charge in [0.05, 0.1) is 0 Å². The largest absolute Gasteiger partial charge is 0.340 e. The van der Waals surface area contributed by atoms with Crippen molar-refractivity contribution >= 4 is 5.91 Å². The molecular weight excluding hydrogens is 248 g/mol. The van der Waals surface area contributed by atoms with E-state index in [0.717, 1.165) is 19.4 Å². The van der Waals surface area contributed by atoms with Crippen LogP contribution in [-0.4, -0.2) is 29.9 Å². The molecule has 2 atom stereocenters. The molecule has 3 nitrogen and oxygen atoms in total. The molecule has 108 valence electrons. The number of likely N-dealkylation sites (tertiary alicyclic amines) is 1. The van der Waals surface area contributed by atoms with Gasteiger partial charge in [0, 0.05) is 30.5 Å². The van der Waals surface area contributed by atoms with Crippen molar-refractivity contribution in [3.05, 3.63) is 35.9 Å². The highest BCUT2D eigenvalue weighted by atomic mass is 16.2. The van der Waals surface area contributed by atoms with E-state index in [2.05, 4.69) is 19.1 Å². The minimum Gasteiger partial charge on any atom is -0.340 e. The Bertz CT molecular complexity index is 479. The van der Waals surface area contributed by atoms with Gasteiger partial charge in [-0.15, -0.1) is 0 Å². The van der Waals surface area contributed by atoms with Gasteiger partial charge in [0.1, 0.15) is 0 Å². The van der Waals surface area contributed by atoms with Crippen LogP contribution in [0, 0.1) is 5.41 Å². The summed E-state index contributed by atoms with van der Waals surface area (Å²) in [5.41, 5.74) is 7.41. The maximum Gasteiger partial charge on any atom is 0.228 e. The molecule has 2 fully saturated rings. The number of amides is 1. The molecule has 0 unspecified atom stereocenters. The first kappa shape index (κ1) is 13.6. The van der Waals surface area contributed by atoms with Gasteiger partial charge in [-0.05, 0) is 18.4 Å². The van der Waals surface area contributed by atoms with Crippen molar-refractivity contribution in [3.8, 4) is 0 Å². The Morgan fingerprint density at radius 3 is 2.50 bits per heavy atom. The van der Waals surface area contributed by atoms with Gasteiger partial charge in [0.25, 0.3) is 0 Å². The molecule has 1 saturated carbocycles. The summed E-state index contributed by atoms with van der Waals surface area (Å²) in [5, 5.41) is 0. The summed E-state index contributed by atoms with van der Waals surface area (Å²) in [7, 11) is 0. The number of carbonyl (C=O) groups is 1. The molecule has 1 saturated heterocycles. The second-order valence-corrected chi connectivity index (χ2v) is 6.66. The SMILES string of the molecule is CC1(C(=O)N2C[C@H](c3ccccc3)[C@@H](N)C2)CCCC1. The molecular formula is C17H24N2O. The minimum atomic E-state index is -0.134. The van der Waals surface area contributed by atoms with E-state index < -0.39 is 0 Å². The summed E-state index contributed by atoms with van der Waals surface area (Å²) >= 11 is 0. The van der Waals surface area contributed by atoms with Crippen LogP contribution in [0.5, 0.6) is 0 Å². The second kappa shape index (κ2) is 5.21. The topological polar surface area (TPSA) is 46.3 Å². The Hall–Kier alpha value is -1.35. The summed E-state index contributed by atoms with van der Waals surface area (Å²) < 4.78 is 0. The lowest BCUT2D eigenvalue weighted by Crippen LogP contribution is -2.40. The molecule has 0 radical (unpaired) electrons. The lowest BCUT2D eigenvalue weighted by molar-refractivity contribution is -0.139. The molecule has 20 heavy (non-hydrogen) atoms. The monoisotopic (exact) mass is 272 g/mol. The Labute approximate surface area is 121 Å². The summed E-state index contributed by atoms with van der Waals surface area (Å²) in [6, 6.07) is 10.4. The lowest BCUT2D eigenvalue weighted by Gasteiger charge is -2.28. The van der Waals surface area contributed by atoms with E-state index in [1.807, 2.05) is 23.1 Å². The fraction of sp³-hybridized carbons (Fsp3) is 0.588. The van der Waals surface area contributed by atoms with E-state index in [-0.39, 0.29) is 17.4 Å². The number of rotatable bonds is 2. The first-order valence-corrected chi connectivity index (χ1v) is 7.70. The maximum atomic E-state index is 12.8. The Morgan fingerprint density at radius 1 is 1.20 bits per heavy atom. The highest BCUT2D eigenvalue weighted by Gasteiger charge is 2.43. The normalized spacial score (nSPS) is 28.8. The fourth-order valence-corrected chi connectivity index (χ4v) is 3.80. The molecule has 1 amide bonds. The molecule has 0 aromatic heterocycles. The fourth-order valence-electron chi connectivity index (χ4n) is 3.80. The van der Waals surface area contributed by atoms with Crippen molar-refractivity contribution in [1.82, 2.24) is 4.90 Å². The predicted octanol–water partition coefficient (Wildman–Crippen LogP) is 2.52. The third-order valence-electron chi connectivity index (χ3n) is 5.10. The number of hydrogen-bond acceptors (Lipinski definition) is 2. The number of hydrogen-bond donors (Lipinski definition) is 1. The van der Waals surface area contributed by atoms with Gasteiger partial charge in [0.15, 0.2) is 0 Å². The van der Waals surface area contributed by atoms with Crippen molar-refractivity contribution < 1.29 is 4.79 Å². The van der Waals surface area contributed by atoms with Crippen molar-refractivity contribution in [2.24, 2.45) is 11.1 Å². The van der Waals surface area contributed by atoms with Crippen molar-refractivity contribution in [2.45, 2.75) is 44.6 Å². The first-order valence-electron chi connectivity index (χ1n) is 7.70. The highest BCUT2D eigenvalue weighted by molar-refractivity contribution is 5.83. The van der Waals surface area contributed by atoms with Crippen LogP contribution in [-0.2, 0) is 4.79 Å². The van der Waals surface area contributed by atoms with Crippen LogP contribution in [0.25, 0.3) is 0 Å². The number of nitrogens with zero attached hydrogens (tertiary/aromatic N) is 1. The molecule has 0 spiro atoms. The van der Waals surface area contributed by atoms with Crippen LogP contribution in [0.4, 0.5) is 0 Å². The zero-order chi connectivity index (χ0) is 14.2. The Kier molecular flexibility index (Phi) is 3.55. The molecule has 1 heterocycles.